The first-order valence-corrected chi connectivity index (χ1v) is 9.27. The van der Waals surface area contributed by atoms with Crippen molar-refractivity contribution < 1.29 is 4.84 Å². The number of hydrogen-bond acceptors (Lipinski definition) is 7. The molecule has 0 radical (unpaired) electrons. The van der Waals surface area contributed by atoms with Gasteiger partial charge in [-0.15, -0.1) is 0 Å². The quantitative estimate of drug-likeness (QED) is 0.652. The summed E-state index contributed by atoms with van der Waals surface area (Å²) in [7, 11) is 0. The van der Waals surface area contributed by atoms with Crippen LogP contribution < -0.4 is 15.7 Å². The van der Waals surface area contributed by atoms with E-state index in [1.807, 2.05) is 44.2 Å². The van der Waals surface area contributed by atoms with Gasteiger partial charge in [-0.3, -0.25) is 4.84 Å². The van der Waals surface area contributed by atoms with E-state index in [1.54, 1.807) is 5.06 Å². The molecule has 142 valence electrons. The molecule has 7 nitrogen and oxygen atoms in total. The van der Waals surface area contributed by atoms with Crippen molar-refractivity contribution >= 4 is 17.8 Å². The minimum absolute atomic E-state index is 0.0548. The highest BCUT2D eigenvalue weighted by Crippen LogP contribution is 2.19. The van der Waals surface area contributed by atoms with Gasteiger partial charge in [-0.25, -0.2) is 5.06 Å². The van der Waals surface area contributed by atoms with E-state index in [0.29, 0.717) is 18.5 Å². The molecule has 1 heterocycles. The zero-order valence-corrected chi connectivity index (χ0v) is 16.2. The van der Waals surface area contributed by atoms with Gasteiger partial charge in [0.2, 0.25) is 11.9 Å². The lowest BCUT2D eigenvalue weighted by Gasteiger charge is -2.27. The summed E-state index contributed by atoms with van der Waals surface area (Å²) in [6.45, 7) is 10.5. The fraction of sp³-hybridized carbons (Fsp3) is 0.526. The van der Waals surface area contributed by atoms with Crippen LogP contribution in [0, 0.1) is 0 Å². The summed E-state index contributed by atoms with van der Waals surface area (Å²) >= 11 is 0. The number of benzene rings is 1. The Morgan fingerprint density at radius 3 is 2.15 bits per heavy atom. The summed E-state index contributed by atoms with van der Waals surface area (Å²) in [5.41, 5.74) is 7.05. The molecule has 2 N–H and O–H groups in total. The number of nitrogens with two attached hydrogens (primary N) is 1. The molecule has 0 bridgehead atoms. The van der Waals surface area contributed by atoms with E-state index in [2.05, 4.69) is 33.7 Å². The second kappa shape index (κ2) is 9.91. The number of rotatable bonds is 10. The van der Waals surface area contributed by atoms with Crippen LogP contribution in [0.5, 0.6) is 0 Å². The SMILES string of the molecule is CCCN(CCC)c1nc(N)nc(N(OCc2ccccc2)C(C)C)n1. The standard InChI is InChI=1S/C19H30N6O/c1-5-12-24(13-6-2)18-21-17(20)22-19(23-18)25(15(3)4)26-14-16-10-8-7-9-11-16/h7-11,15H,5-6,12-14H2,1-4H3,(H2,20,21,22,23). The first-order valence-electron chi connectivity index (χ1n) is 9.27. The van der Waals surface area contributed by atoms with Crippen LogP contribution in [0.1, 0.15) is 46.1 Å². The average Bonchev–Trinajstić information content (AvgIpc) is 2.62. The maximum absolute atomic E-state index is 5.99. The van der Waals surface area contributed by atoms with Crippen LogP contribution in [-0.2, 0) is 11.4 Å². The third-order valence-electron chi connectivity index (χ3n) is 3.78. The highest BCUT2D eigenvalue weighted by atomic mass is 16.7. The molecule has 0 spiro atoms. The molecule has 1 aromatic heterocycles. The summed E-state index contributed by atoms with van der Waals surface area (Å²) in [5.74, 6) is 1.25. The predicted octanol–water partition coefficient (Wildman–Crippen LogP) is 3.43. The summed E-state index contributed by atoms with van der Waals surface area (Å²) in [5, 5.41) is 1.70. The van der Waals surface area contributed by atoms with Gasteiger partial charge in [0.25, 0.3) is 5.95 Å². The summed E-state index contributed by atoms with van der Waals surface area (Å²) in [4.78, 5) is 21.4. The maximum atomic E-state index is 5.99. The van der Waals surface area contributed by atoms with Crippen molar-refractivity contribution in [2.45, 2.75) is 53.2 Å². The summed E-state index contributed by atoms with van der Waals surface area (Å²) in [6, 6.07) is 10.1. The van der Waals surface area contributed by atoms with Gasteiger partial charge in [0.1, 0.15) is 6.61 Å². The molecular weight excluding hydrogens is 328 g/mol. The second-order valence-electron chi connectivity index (χ2n) is 6.46. The largest absolute Gasteiger partial charge is 0.368 e. The van der Waals surface area contributed by atoms with Gasteiger partial charge < -0.3 is 10.6 Å². The number of nitrogens with zero attached hydrogens (tertiary/aromatic N) is 5. The van der Waals surface area contributed by atoms with Gasteiger partial charge in [-0.1, -0.05) is 44.2 Å². The Morgan fingerprint density at radius 1 is 0.962 bits per heavy atom. The first kappa shape index (κ1) is 19.9. The first-order chi connectivity index (χ1) is 12.5. The van der Waals surface area contributed by atoms with E-state index >= 15 is 0 Å². The third-order valence-corrected chi connectivity index (χ3v) is 3.78. The molecule has 2 rings (SSSR count). The smallest absolute Gasteiger partial charge is 0.256 e. The van der Waals surface area contributed by atoms with Crippen LogP contribution in [-0.4, -0.2) is 34.1 Å². The van der Waals surface area contributed by atoms with Gasteiger partial charge in [0.05, 0.1) is 6.04 Å². The minimum Gasteiger partial charge on any atom is -0.368 e. The number of nitrogen functional groups attached to an aromatic ring is 1. The van der Waals surface area contributed by atoms with Crippen molar-refractivity contribution in [1.82, 2.24) is 15.0 Å². The fourth-order valence-electron chi connectivity index (χ4n) is 2.62. The monoisotopic (exact) mass is 358 g/mol. The molecule has 7 heteroatoms. The van der Waals surface area contributed by atoms with Gasteiger partial charge in [0, 0.05) is 13.1 Å². The molecule has 0 aliphatic carbocycles. The zero-order valence-electron chi connectivity index (χ0n) is 16.2. The van der Waals surface area contributed by atoms with Gasteiger partial charge in [0.15, 0.2) is 0 Å². The molecule has 0 unspecified atom stereocenters. The van der Waals surface area contributed by atoms with E-state index in [1.165, 1.54) is 0 Å². The molecule has 0 fully saturated rings. The molecule has 26 heavy (non-hydrogen) atoms. The van der Waals surface area contributed by atoms with Crippen molar-refractivity contribution in [2.24, 2.45) is 0 Å². The Morgan fingerprint density at radius 2 is 1.58 bits per heavy atom. The predicted molar refractivity (Wildman–Crippen MR) is 106 cm³/mol. The molecule has 0 saturated carbocycles. The lowest BCUT2D eigenvalue weighted by Crippen LogP contribution is -2.34. The van der Waals surface area contributed by atoms with Gasteiger partial charge in [-0.2, -0.15) is 15.0 Å². The van der Waals surface area contributed by atoms with Crippen LogP contribution in [0.4, 0.5) is 17.8 Å². The molecule has 0 aliphatic heterocycles. The van der Waals surface area contributed by atoms with Crippen LogP contribution >= 0.6 is 0 Å². The lowest BCUT2D eigenvalue weighted by atomic mass is 10.2. The van der Waals surface area contributed by atoms with Crippen LogP contribution in [0.15, 0.2) is 30.3 Å². The topological polar surface area (TPSA) is 80.4 Å². The number of hydroxylamine groups is 1. The summed E-state index contributed by atoms with van der Waals surface area (Å²) in [6.07, 6.45) is 2.03. The van der Waals surface area contributed by atoms with Crippen molar-refractivity contribution in [1.29, 1.82) is 0 Å². The van der Waals surface area contributed by atoms with Crippen LogP contribution in [0.3, 0.4) is 0 Å². The van der Waals surface area contributed by atoms with E-state index in [9.17, 15) is 0 Å². The van der Waals surface area contributed by atoms with Gasteiger partial charge in [-0.05, 0) is 32.3 Å². The number of aromatic nitrogens is 3. The third kappa shape index (κ3) is 5.56. The minimum atomic E-state index is 0.0548. The molecule has 0 aliphatic rings. The van der Waals surface area contributed by atoms with E-state index in [0.717, 1.165) is 31.5 Å². The summed E-state index contributed by atoms with van der Waals surface area (Å²) < 4.78 is 0. The molecule has 0 amide bonds. The highest BCUT2D eigenvalue weighted by Gasteiger charge is 2.19. The van der Waals surface area contributed by atoms with Crippen molar-refractivity contribution in [3.8, 4) is 0 Å². The van der Waals surface area contributed by atoms with Crippen molar-refractivity contribution in [3.63, 3.8) is 0 Å². The van der Waals surface area contributed by atoms with Gasteiger partial charge >= 0.3 is 0 Å². The molecule has 1 aromatic carbocycles. The van der Waals surface area contributed by atoms with Crippen LogP contribution in [0.25, 0.3) is 0 Å². The lowest BCUT2D eigenvalue weighted by molar-refractivity contribution is 0.0764. The molecule has 0 saturated heterocycles. The van der Waals surface area contributed by atoms with E-state index < -0.39 is 0 Å². The number of hydrogen-bond donors (Lipinski definition) is 1. The average molecular weight is 358 g/mol. The fourth-order valence-corrected chi connectivity index (χ4v) is 2.62. The Bertz CT molecular complexity index is 658. The number of anilines is 3. The Kier molecular flexibility index (Phi) is 7.59. The van der Waals surface area contributed by atoms with Crippen LogP contribution in [0.2, 0.25) is 0 Å². The maximum Gasteiger partial charge on any atom is 0.256 e. The Balaban J connectivity index is 2.24. The van der Waals surface area contributed by atoms with Crippen molar-refractivity contribution in [3.05, 3.63) is 35.9 Å². The molecular formula is C19H30N6O. The Hall–Kier alpha value is -2.41. The molecule has 2 aromatic rings. The second-order valence-corrected chi connectivity index (χ2v) is 6.46. The highest BCUT2D eigenvalue weighted by molar-refractivity contribution is 5.42. The van der Waals surface area contributed by atoms with Crippen molar-refractivity contribution in [2.75, 3.05) is 28.8 Å². The van der Waals surface area contributed by atoms with E-state index in [4.69, 9.17) is 10.6 Å². The van der Waals surface area contributed by atoms with E-state index in [-0.39, 0.29) is 12.0 Å². The molecule has 0 atom stereocenters. The Labute approximate surface area is 156 Å². The zero-order chi connectivity index (χ0) is 18.9. The normalized spacial score (nSPS) is 11.0.